The van der Waals surface area contributed by atoms with Gasteiger partial charge in [-0.1, -0.05) is 24.9 Å². The first-order valence-electron chi connectivity index (χ1n) is 7.93. The lowest BCUT2D eigenvalue weighted by molar-refractivity contribution is -0.0314. The molecule has 0 saturated heterocycles. The first-order chi connectivity index (χ1) is 10.2. The van der Waals surface area contributed by atoms with Gasteiger partial charge in [0.2, 0.25) is 0 Å². The van der Waals surface area contributed by atoms with Crippen LogP contribution in [0.5, 0.6) is 0 Å². The summed E-state index contributed by atoms with van der Waals surface area (Å²) in [7, 11) is 0. The van der Waals surface area contributed by atoms with Gasteiger partial charge < -0.3 is 15.4 Å². The molecule has 0 aromatic heterocycles. The standard InChI is InChI=1S/C15H31N5O2/c1-6-7-8-15(4,5)22-12-9-14(2,3)19-13(21)17-10-11-18-20-16/h6-12H2,1-5H3,(H2,17,19,21). The highest BCUT2D eigenvalue weighted by atomic mass is 16.5. The predicted octanol–water partition coefficient (Wildman–Crippen LogP) is 3.75. The van der Waals surface area contributed by atoms with Crippen molar-refractivity contribution < 1.29 is 9.53 Å². The number of amides is 2. The van der Waals surface area contributed by atoms with Crippen LogP contribution in [0.2, 0.25) is 0 Å². The minimum absolute atomic E-state index is 0.121. The highest BCUT2D eigenvalue weighted by molar-refractivity contribution is 5.74. The Morgan fingerprint density at radius 2 is 1.95 bits per heavy atom. The molecular weight excluding hydrogens is 282 g/mol. The van der Waals surface area contributed by atoms with Gasteiger partial charge in [0.1, 0.15) is 0 Å². The van der Waals surface area contributed by atoms with Crippen LogP contribution < -0.4 is 10.6 Å². The largest absolute Gasteiger partial charge is 0.375 e. The Kier molecular flexibility index (Phi) is 9.61. The Balaban J connectivity index is 4.02. The molecule has 0 unspecified atom stereocenters. The van der Waals surface area contributed by atoms with E-state index in [4.69, 9.17) is 10.3 Å². The fraction of sp³-hybridized carbons (Fsp3) is 0.933. The maximum atomic E-state index is 11.7. The van der Waals surface area contributed by atoms with E-state index in [0.29, 0.717) is 13.2 Å². The van der Waals surface area contributed by atoms with Crippen molar-refractivity contribution in [1.82, 2.24) is 10.6 Å². The van der Waals surface area contributed by atoms with Gasteiger partial charge >= 0.3 is 6.03 Å². The highest BCUT2D eigenvalue weighted by Crippen LogP contribution is 2.19. The molecular formula is C15H31N5O2. The Bertz CT molecular complexity index is 376. The molecule has 0 aliphatic carbocycles. The van der Waals surface area contributed by atoms with Crippen molar-refractivity contribution in [2.45, 2.75) is 71.4 Å². The Hall–Kier alpha value is -1.46. The summed E-state index contributed by atoms with van der Waals surface area (Å²) in [4.78, 5) is 14.4. The fourth-order valence-corrected chi connectivity index (χ4v) is 1.94. The Labute approximate surface area is 133 Å². The number of carbonyl (C=O) groups excluding carboxylic acids is 1. The molecule has 0 aromatic rings. The van der Waals surface area contributed by atoms with Crippen LogP contribution in [0.15, 0.2) is 5.11 Å². The first kappa shape index (κ1) is 20.5. The second-order valence-electron chi connectivity index (χ2n) is 6.68. The van der Waals surface area contributed by atoms with E-state index in [9.17, 15) is 4.79 Å². The van der Waals surface area contributed by atoms with Crippen LogP contribution in [0, 0.1) is 0 Å². The average Bonchev–Trinajstić information content (AvgIpc) is 2.40. The SMILES string of the molecule is CCCCC(C)(C)OCCC(C)(C)NC(=O)NCCN=[N+]=[N-]. The molecule has 7 heteroatoms. The molecule has 0 aromatic carbocycles. The maximum Gasteiger partial charge on any atom is 0.315 e. The number of hydrogen-bond acceptors (Lipinski definition) is 3. The van der Waals surface area contributed by atoms with Gasteiger partial charge in [0.25, 0.3) is 0 Å². The van der Waals surface area contributed by atoms with Crippen LogP contribution >= 0.6 is 0 Å². The highest BCUT2D eigenvalue weighted by Gasteiger charge is 2.23. The van der Waals surface area contributed by atoms with Crippen molar-refractivity contribution in [3.05, 3.63) is 10.4 Å². The number of urea groups is 1. The van der Waals surface area contributed by atoms with Gasteiger partial charge in [-0.05, 0) is 46.1 Å². The van der Waals surface area contributed by atoms with Gasteiger partial charge in [-0.2, -0.15) is 0 Å². The summed E-state index contributed by atoms with van der Waals surface area (Å²) in [6, 6.07) is -0.261. The van der Waals surface area contributed by atoms with Gasteiger partial charge in [-0.25, -0.2) is 4.79 Å². The third-order valence-electron chi connectivity index (χ3n) is 3.36. The first-order valence-corrected chi connectivity index (χ1v) is 7.93. The summed E-state index contributed by atoms with van der Waals surface area (Å²) in [5.74, 6) is 0. The summed E-state index contributed by atoms with van der Waals surface area (Å²) >= 11 is 0. The predicted molar refractivity (Wildman–Crippen MR) is 88.8 cm³/mol. The molecule has 0 aliphatic heterocycles. The summed E-state index contributed by atoms with van der Waals surface area (Å²) in [5.41, 5.74) is 7.67. The van der Waals surface area contributed by atoms with E-state index in [-0.39, 0.29) is 23.7 Å². The second kappa shape index (κ2) is 10.3. The number of nitrogens with zero attached hydrogens (tertiary/aromatic N) is 3. The van der Waals surface area contributed by atoms with E-state index in [2.05, 4.69) is 41.4 Å². The molecule has 0 bridgehead atoms. The smallest absolute Gasteiger partial charge is 0.315 e. The Morgan fingerprint density at radius 3 is 2.55 bits per heavy atom. The molecule has 2 N–H and O–H groups in total. The molecule has 22 heavy (non-hydrogen) atoms. The monoisotopic (exact) mass is 313 g/mol. The number of unbranched alkanes of at least 4 members (excludes halogenated alkanes) is 1. The third-order valence-corrected chi connectivity index (χ3v) is 3.36. The Morgan fingerprint density at radius 1 is 1.27 bits per heavy atom. The molecule has 0 radical (unpaired) electrons. The number of carbonyl (C=O) groups is 1. The number of rotatable bonds is 11. The van der Waals surface area contributed by atoms with Gasteiger partial charge in [0, 0.05) is 30.1 Å². The zero-order valence-electron chi connectivity index (χ0n) is 14.6. The van der Waals surface area contributed by atoms with Crippen LogP contribution in [0.3, 0.4) is 0 Å². The lowest BCUT2D eigenvalue weighted by Crippen LogP contribution is -2.49. The molecule has 0 atom stereocenters. The molecule has 0 fully saturated rings. The molecule has 0 heterocycles. The van der Waals surface area contributed by atoms with Crippen molar-refractivity contribution in [1.29, 1.82) is 0 Å². The number of azide groups is 1. The molecule has 128 valence electrons. The van der Waals surface area contributed by atoms with E-state index in [1.165, 1.54) is 0 Å². The van der Waals surface area contributed by atoms with E-state index in [0.717, 1.165) is 25.7 Å². The van der Waals surface area contributed by atoms with Crippen molar-refractivity contribution in [2.75, 3.05) is 19.7 Å². The number of nitrogens with one attached hydrogen (secondary N) is 2. The fourth-order valence-electron chi connectivity index (χ4n) is 1.94. The molecule has 7 nitrogen and oxygen atoms in total. The van der Waals surface area contributed by atoms with E-state index in [1.807, 2.05) is 13.8 Å². The quantitative estimate of drug-likeness (QED) is 0.263. The third kappa shape index (κ3) is 11.2. The lowest BCUT2D eigenvalue weighted by atomic mass is 9.99. The molecule has 0 rings (SSSR count). The van der Waals surface area contributed by atoms with Gasteiger partial charge in [-0.15, -0.1) is 0 Å². The molecule has 0 aliphatic rings. The molecule has 2 amide bonds. The van der Waals surface area contributed by atoms with Gasteiger partial charge in [0.05, 0.1) is 5.60 Å². The van der Waals surface area contributed by atoms with Crippen molar-refractivity contribution in [3.8, 4) is 0 Å². The van der Waals surface area contributed by atoms with Crippen molar-refractivity contribution in [2.24, 2.45) is 5.11 Å². The molecule has 0 spiro atoms. The van der Waals surface area contributed by atoms with Gasteiger partial charge in [-0.3, -0.25) is 0 Å². The van der Waals surface area contributed by atoms with Crippen LogP contribution in [0.25, 0.3) is 10.4 Å². The zero-order valence-corrected chi connectivity index (χ0v) is 14.6. The topological polar surface area (TPSA) is 99.1 Å². The van der Waals surface area contributed by atoms with Crippen molar-refractivity contribution in [3.63, 3.8) is 0 Å². The van der Waals surface area contributed by atoms with Gasteiger partial charge in [0.15, 0.2) is 0 Å². The van der Waals surface area contributed by atoms with Crippen LogP contribution in [0.1, 0.15) is 60.3 Å². The summed E-state index contributed by atoms with van der Waals surface area (Å²) in [6.07, 6.45) is 4.08. The van der Waals surface area contributed by atoms with E-state index < -0.39 is 0 Å². The number of ether oxygens (including phenoxy) is 1. The molecule has 0 saturated carbocycles. The van der Waals surface area contributed by atoms with E-state index >= 15 is 0 Å². The van der Waals surface area contributed by atoms with Crippen LogP contribution in [0.4, 0.5) is 4.79 Å². The summed E-state index contributed by atoms with van der Waals surface area (Å²) < 4.78 is 5.94. The minimum atomic E-state index is -0.358. The lowest BCUT2D eigenvalue weighted by Gasteiger charge is -2.30. The van der Waals surface area contributed by atoms with E-state index in [1.54, 1.807) is 0 Å². The summed E-state index contributed by atoms with van der Waals surface area (Å²) in [5, 5.41) is 8.91. The normalized spacial score (nSPS) is 11.7. The summed E-state index contributed by atoms with van der Waals surface area (Å²) in [6.45, 7) is 11.5. The number of hydrogen-bond donors (Lipinski definition) is 2. The second-order valence-corrected chi connectivity index (χ2v) is 6.68. The zero-order chi connectivity index (χ0) is 17.1. The average molecular weight is 313 g/mol. The maximum absolute atomic E-state index is 11.7. The minimum Gasteiger partial charge on any atom is -0.375 e. The van der Waals surface area contributed by atoms with Crippen LogP contribution in [-0.2, 0) is 4.74 Å². The van der Waals surface area contributed by atoms with Crippen LogP contribution in [-0.4, -0.2) is 36.9 Å². The van der Waals surface area contributed by atoms with Crippen molar-refractivity contribution >= 4 is 6.03 Å².